The highest BCUT2D eigenvalue weighted by Gasteiger charge is 2.18. The Labute approximate surface area is 174 Å². The molecule has 7 heteroatoms. The van der Waals surface area contributed by atoms with E-state index in [1.54, 1.807) is 18.2 Å². The number of rotatable bonds is 2. The van der Waals surface area contributed by atoms with Gasteiger partial charge < -0.3 is 5.32 Å². The molecule has 0 aliphatic heterocycles. The fraction of sp³-hybridized carbons (Fsp3) is 0. The topological polar surface area (TPSA) is 41.1 Å². The summed E-state index contributed by atoms with van der Waals surface area (Å²) < 4.78 is 0.853. The maximum Gasteiger partial charge on any atom is 0.269 e. The minimum absolute atomic E-state index is 0.210. The molecular weight excluding hydrogens is 419 g/mol. The number of anilines is 1. The van der Waals surface area contributed by atoms with Crippen LogP contribution in [0.3, 0.4) is 0 Å². The van der Waals surface area contributed by atoms with Gasteiger partial charge in [-0.1, -0.05) is 59.6 Å². The molecule has 0 spiro atoms. The second-order valence-electron chi connectivity index (χ2n) is 5.86. The van der Waals surface area contributed by atoms with E-state index in [0.717, 1.165) is 26.5 Å². The number of carbonyl (C=O) groups is 1. The maximum absolute atomic E-state index is 12.6. The van der Waals surface area contributed by atoms with Crippen LogP contribution in [0.15, 0.2) is 60.7 Å². The van der Waals surface area contributed by atoms with Crippen molar-refractivity contribution in [3.63, 3.8) is 0 Å². The van der Waals surface area contributed by atoms with Crippen LogP contribution in [0.5, 0.6) is 0 Å². The average Bonchev–Trinajstić information content (AvgIpc) is 2.97. The Morgan fingerprint density at radius 1 is 0.963 bits per heavy atom. The number of hydrogen-bond donors (Lipinski definition) is 2. The van der Waals surface area contributed by atoms with E-state index in [2.05, 4.69) is 10.6 Å². The van der Waals surface area contributed by atoms with Crippen molar-refractivity contribution in [2.75, 3.05) is 5.32 Å². The standard InChI is InChI=1S/C20H12Cl2N2OS2/c21-13-6-8-15-16(10-13)27-18(17(15)22)19(25)24-20(26)23-14-7-5-11-3-1-2-4-12(11)9-14/h1-10H,(H2,23,24,25,26). The lowest BCUT2D eigenvalue weighted by atomic mass is 10.1. The van der Waals surface area contributed by atoms with Crippen LogP contribution in [0.25, 0.3) is 20.9 Å². The summed E-state index contributed by atoms with van der Waals surface area (Å²) in [4.78, 5) is 13.0. The summed E-state index contributed by atoms with van der Waals surface area (Å²) in [6.45, 7) is 0. The maximum atomic E-state index is 12.6. The number of nitrogens with one attached hydrogen (secondary N) is 2. The third-order valence-corrected chi connectivity index (χ3v) is 6.13. The van der Waals surface area contributed by atoms with Crippen LogP contribution in [0.4, 0.5) is 5.69 Å². The van der Waals surface area contributed by atoms with Crippen LogP contribution in [-0.2, 0) is 0 Å². The molecule has 1 aromatic heterocycles. The van der Waals surface area contributed by atoms with Crippen LogP contribution in [-0.4, -0.2) is 11.0 Å². The Balaban J connectivity index is 1.52. The average molecular weight is 431 g/mol. The molecule has 1 heterocycles. The third kappa shape index (κ3) is 3.77. The molecular formula is C20H12Cl2N2OS2. The van der Waals surface area contributed by atoms with E-state index in [4.69, 9.17) is 35.4 Å². The predicted octanol–water partition coefficient (Wildman–Crippen LogP) is 6.49. The first kappa shape index (κ1) is 18.2. The second kappa shape index (κ2) is 7.44. The molecule has 0 aliphatic carbocycles. The molecule has 0 aliphatic rings. The van der Waals surface area contributed by atoms with Gasteiger partial charge in [-0.25, -0.2) is 0 Å². The van der Waals surface area contributed by atoms with Crippen molar-refractivity contribution < 1.29 is 4.79 Å². The third-order valence-electron chi connectivity index (χ3n) is 4.03. The van der Waals surface area contributed by atoms with Crippen molar-refractivity contribution in [2.45, 2.75) is 0 Å². The molecule has 4 aromatic rings. The predicted molar refractivity (Wildman–Crippen MR) is 119 cm³/mol. The van der Waals surface area contributed by atoms with Crippen molar-refractivity contribution in [1.29, 1.82) is 0 Å². The van der Waals surface area contributed by atoms with E-state index >= 15 is 0 Å². The molecule has 2 N–H and O–H groups in total. The van der Waals surface area contributed by atoms with Crippen molar-refractivity contribution in [1.82, 2.24) is 5.32 Å². The molecule has 27 heavy (non-hydrogen) atoms. The minimum Gasteiger partial charge on any atom is -0.332 e. The number of thiocarbonyl (C=S) groups is 1. The van der Waals surface area contributed by atoms with Crippen molar-refractivity contribution in [3.8, 4) is 0 Å². The summed E-state index contributed by atoms with van der Waals surface area (Å²) in [5.74, 6) is -0.351. The van der Waals surface area contributed by atoms with Gasteiger partial charge in [0, 0.05) is 20.8 Å². The van der Waals surface area contributed by atoms with E-state index in [9.17, 15) is 4.79 Å². The van der Waals surface area contributed by atoms with Gasteiger partial charge >= 0.3 is 0 Å². The fourth-order valence-electron chi connectivity index (χ4n) is 2.77. The molecule has 3 nitrogen and oxygen atoms in total. The van der Waals surface area contributed by atoms with Crippen molar-refractivity contribution in [3.05, 3.63) is 75.6 Å². The largest absolute Gasteiger partial charge is 0.332 e. The summed E-state index contributed by atoms with van der Waals surface area (Å²) >= 11 is 18.9. The van der Waals surface area contributed by atoms with Gasteiger partial charge in [-0.05, 0) is 47.3 Å². The molecule has 0 radical (unpaired) electrons. The first-order chi connectivity index (χ1) is 13.0. The summed E-state index contributed by atoms with van der Waals surface area (Å²) in [6.07, 6.45) is 0. The number of hydrogen-bond acceptors (Lipinski definition) is 3. The molecule has 3 aromatic carbocycles. The number of amides is 1. The van der Waals surface area contributed by atoms with Crippen LogP contribution in [0.2, 0.25) is 10.0 Å². The summed E-state index contributed by atoms with van der Waals surface area (Å²) in [5, 5.41) is 9.94. The minimum atomic E-state index is -0.351. The van der Waals surface area contributed by atoms with Crippen LogP contribution in [0.1, 0.15) is 9.67 Å². The zero-order valence-corrected chi connectivity index (χ0v) is 16.9. The molecule has 1 amide bonds. The highest BCUT2D eigenvalue weighted by Crippen LogP contribution is 2.36. The molecule has 0 unspecified atom stereocenters. The van der Waals surface area contributed by atoms with E-state index in [0.29, 0.717) is 14.9 Å². The molecule has 0 saturated heterocycles. The van der Waals surface area contributed by atoms with E-state index in [1.165, 1.54) is 11.3 Å². The van der Waals surface area contributed by atoms with Gasteiger partial charge in [0.25, 0.3) is 5.91 Å². The van der Waals surface area contributed by atoms with Crippen molar-refractivity contribution in [2.24, 2.45) is 0 Å². The number of halogens is 2. The Hall–Kier alpha value is -2.18. The molecule has 0 saturated carbocycles. The SMILES string of the molecule is O=C(NC(=S)Nc1ccc2ccccc2c1)c1sc2cc(Cl)ccc2c1Cl. The van der Waals surface area contributed by atoms with E-state index < -0.39 is 0 Å². The number of fused-ring (bicyclic) bond motifs is 2. The van der Waals surface area contributed by atoms with Gasteiger partial charge in [0.15, 0.2) is 5.11 Å². The van der Waals surface area contributed by atoms with E-state index in [-0.39, 0.29) is 11.0 Å². The summed E-state index contributed by atoms with van der Waals surface area (Å²) in [6, 6.07) is 19.2. The van der Waals surface area contributed by atoms with Gasteiger partial charge in [-0.3, -0.25) is 10.1 Å². The molecule has 134 valence electrons. The Bertz CT molecular complexity index is 1200. The molecule has 0 bridgehead atoms. The zero-order chi connectivity index (χ0) is 19.0. The zero-order valence-electron chi connectivity index (χ0n) is 13.8. The second-order valence-corrected chi connectivity index (χ2v) is 8.13. The number of thiophene rings is 1. The number of carbonyl (C=O) groups excluding carboxylic acids is 1. The Morgan fingerprint density at radius 3 is 2.56 bits per heavy atom. The molecule has 4 rings (SSSR count). The van der Waals surface area contributed by atoms with Gasteiger partial charge in [0.05, 0.1) is 5.02 Å². The Kier molecular flexibility index (Phi) is 5.02. The first-order valence-electron chi connectivity index (χ1n) is 8.00. The fourth-order valence-corrected chi connectivity index (χ4v) is 4.67. The van der Waals surface area contributed by atoms with Crippen LogP contribution < -0.4 is 10.6 Å². The van der Waals surface area contributed by atoms with Gasteiger partial charge in [-0.2, -0.15) is 0 Å². The summed E-state index contributed by atoms with van der Waals surface area (Å²) in [7, 11) is 0. The van der Waals surface area contributed by atoms with Gasteiger partial charge in [-0.15, -0.1) is 11.3 Å². The van der Waals surface area contributed by atoms with Crippen LogP contribution >= 0.6 is 46.8 Å². The van der Waals surface area contributed by atoms with E-state index in [1.807, 2.05) is 42.5 Å². The normalized spacial score (nSPS) is 10.9. The quantitative estimate of drug-likeness (QED) is 0.357. The highest BCUT2D eigenvalue weighted by molar-refractivity contribution is 7.80. The first-order valence-corrected chi connectivity index (χ1v) is 9.98. The molecule has 0 fully saturated rings. The Morgan fingerprint density at radius 2 is 1.74 bits per heavy atom. The van der Waals surface area contributed by atoms with Gasteiger partial charge in [0.1, 0.15) is 4.88 Å². The number of benzene rings is 3. The smallest absolute Gasteiger partial charge is 0.269 e. The highest BCUT2D eigenvalue weighted by atomic mass is 35.5. The lowest BCUT2D eigenvalue weighted by Crippen LogP contribution is -2.33. The monoisotopic (exact) mass is 430 g/mol. The van der Waals surface area contributed by atoms with Crippen molar-refractivity contribution >= 4 is 84.3 Å². The van der Waals surface area contributed by atoms with Gasteiger partial charge in [0.2, 0.25) is 0 Å². The lowest BCUT2D eigenvalue weighted by Gasteiger charge is -2.10. The molecule has 0 atom stereocenters. The summed E-state index contributed by atoms with van der Waals surface area (Å²) in [5.41, 5.74) is 0.799. The lowest BCUT2D eigenvalue weighted by molar-refractivity contribution is 0.0982. The van der Waals surface area contributed by atoms with Crippen LogP contribution in [0, 0.1) is 0 Å².